The second-order valence-corrected chi connectivity index (χ2v) is 7.16. The molecule has 0 atom stereocenters. The lowest BCUT2D eigenvalue weighted by Gasteiger charge is -2.12. The SMILES string of the molecule is O=S(=O)(Oc1cc2cc(O)c(Br)cc2cc1Br)C(F)(F)F. The van der Waals surface area contributed by atoms with E-state index in [0.29, 0.717) is 15.2 Å². The third-order valence-electron chi connectivity index (χ3n) is 2.44. The van der Waals surface area contributed by atoms with Crippen LogP contribution < -0.4 is 4.18 Å². The number of rotatable bonds is 2. The van der Waals surface area contributed by atoms with Crippen LogP contribution in [0.25, 0.3) is 10.8 Å². The van der Waals surface area contributed by atoms with Crippen LogP contribution >= 0.6 is 31.9 Å². The van der Waals surface area contributed by atoms with E-state index in [0.717, 1.165) is 6.07 Å². The topological polar surface area (TPSA) is 63.6 Å². The fourth-order valence-corrected chi connectivity index (χ4v) is 2.87. The minimum atomic E-state index is -5.76. The van der Waals surface area contributed by atoms with Gasteiger partial charge in [-0.05, 0) is 66.9 Å². The van der Waals surface area contributed by atoms with E-state index >= 15 is 0 Å². The molecule has 0 saturated carbocycles. The van der Waals surface area contributed by atoms with Crippen LogP contribution in [0.5, 0.6) is 11.5 Å². The molecule has 0 heterocycles. The van der Waals surface area contributed by atoms with Crippen molar-refractivity contribution in [3.8, 4) is 11.5 Å². The molecule has 0 unspecified atom stereocenters. The maximum absolute atomic E-state index is 12.3. The zero-order valence-corrected chi connectivity index (χ0v) is 13.8. The highest BCUT2D eigenvalue weighted by molar-refractivity contribution is 9.11. The fourth-order valence-electron chi connectivity index (χ4n) is 1.49. The molecular weight excluding hydrogens is 445 g/mol. The summed E-state index contributed by atoms with van der Waals surface area (Å²) in [7, 11) is -5.76. The highest BCUT2D eigenvalue weighted by Gasteiger charge is 2.48. The lowest BCUT2D eigenvalue weighted by atomic mass is 10.1. The number of alkyl halides is 3. The molecule has 21 heavy (non-hydrogen) atoms. The van der Waals surface area contributed by atoms with Crippen LogP contribution in [0.4, 0.5) is 13.2 Å². The van der Waals surface area contributed by atoms with Gasteiger partial charge in [0.1, 0.15) is 5.75 Å². The second kappa shape index (κ2) is 5.33. The Balaban J connectivity index is 2.56. The molecule has 0 bridgehead atoms. The monoisotopic (exact) mass is 448 g/mol. The third-order valence-corrected chi connectivity index (χ3v) is 4.66. The summed E-state index contributed by atoms with van der Waals surface area (Å²) in [5.41, 5.74) is -5.52. The molecular formula is C11H5Br2F3O4S. The quantitative estimate of drug-likeness (QED) is 0.548. The first-order chi connectivity index (χ1) is 9.51. The predicted octanol–water partition coefficient (Wildman–Crippen LogP) is 4.30. The van der Waals surface area contributed by atoms with E-state index in [2.05, 4.69) is 36.0 Å². The molecule has 2 aromatic carbocycles. The van der Waals surface area contributed by atoms with Gasteiger partial charge in [0.15, 0.2) is 5.75 Å². The van der Waals surface area contributed by atoms with Crippen molar-refractivity contribution in [2.45, 2.75) is 5.51 Å². The van der Waals surface area contributed by atoms with E-state index in [4.69, 9.17) is 0 Å². The lowest BCUT2D eigenvalue weighted by molar-refractivity contribution is -0.0500. The molecule has 1 N–H and O–H groups in total. The van der Waals surface area contributed by atoms with E-state index in [1.165, 1.54) is 18.2 Å². The summed E-state index contributed by atoms with van der Waals surface area (Å²) in [5.74, 6) is -0.670. The Labute approximate surface area is 133 Å². The van der Waals surface area contributed by atoms with Crippen molar-refractivity contribution < 1.29 is 30.9 Å². The minimum Gasteiger partial charge on any atom is -0.507 e. The second-order valence-electron chi connectivity index (χ2n) is 3.92. The van der Waals surface area contributed by atoms with Gasteiger partial charge in [0, 0.05) is 0 Å². The summed E-state index contributed by atoms with van der Waals surface area (Å²) in [6, 6.07) is 5.24. The van der Waals surface area contributed by atoms with Crippen molar-refractivity contribution in [1.29, 1.82) is 0 Å². The van der Waals surface area contributed by atoms with Gasteiger partial charge in [-0.25, -0.2) is 0 Å². The van der Waals surface area contributed by atoms with Crippen LogP contribution in [-0.2, 0) is 10.1 Å². The standard InChI is InChI=1S/C11H5Br2F3O4S/c12-7-1-5-2-8(13)10(4-6(5)3-9(7)17)20-21(18,19)11(14,15)16/h1-4,17H. The van der Waals surface area contributed by atoms with E-state index < -0.39 is 21.4 Å². The van der Waals surface area contributed by atoms with Crippen molar-refractivity contribution >= 4 is 52.8 Å². The molecule has 0 amide bonds. The molecule has 0 aliphatic rings. The van der Waals surface area contributed by atoms with E-state index in [9.17, 15) is 26.7 Å². The van der Waals surface area contributed by atoms with Gasteiger partial charge in [0.05, 0.1) is 8.95 Å². The van der Waals surface area contributed by atoms with Gasteiger partial charge in [0.2, 0.25) is 0 Å². The first kappa shape index (κ1) is 16.4. The molecule has 0 spiro atoms. The van der Waals surface area contributed by atoms with Crippen molar-refractivity contribution in [3.05, 3.63) is 33.2 Å². The molecule has 2 rings (SSSR count). The molecule has 0 radical (unpaired) electrons. The number of hydrogen-bond donors (Lipinski definition) is 1. The number of phenolic OH excluding ortho intramolecular Hbond substituents is 1. The summed E-state index contributed by atoms with van der Waals surface area (Å²) < 4.78 is 63.4. The normalized spacial score (nSPS) is 12.6. The summed E-state index contributed by atoms with van der Waals surface area (Å²) in [4.78, 5) is 0. The largest absolute Gasteiger partial charge is 0.534 e. The molecule has 10 heteroatoms. The molecule has 0 aliphatic carbocycles. The van der Waals surface area contributed by atoms with Gasteiger partial charge >= 0.3 is 15.6 Å². The zero-order valence-electron chi connectivity index (χ0n) is 9.78. The molecule has 0 saturated heterocycles. The number of benzene rings is 2. The van der Waals surface area contributed by atoms with Gasteiger partial charge in [-0.1, -0.05) is 0 Å². The van der Waals surface area contributed by atoms with Gasteiger partial charge < -0.3 is 9.29 Å². The van der Waals surface area contributed by atoms with Crippen LogP contribution in [0.15, 0.2) is 33.2 Å². The van der Waals surface area contributed by atoms with Gasteiger partial charge in [-0.2, -0.15) is 21.6 Å². The van der Waals surface area contributed by atoms with Crippen molar-refractivity contribution in [2.75, 3.05) is 0 Å². The van der Waals surface area contributed by atoms with E-state index in [1.54, 1.807) is 0 Å². The Hall–Kier alpha value is -1.00. The van der Waals surface area contributed by atoms with Crippen LogP contribution in [0, 0.1) is 0 Å². The highest BCUT2D eigenvalue weighted by Crippen LogP contribution is 2.37. The van der Waals surface area contributed by atoms with Crippen LogP contribution in [0.3, 0.4) is 0 Å². The summed E-state index contributed by atoms with van der Waals surface area (Å²) in [6.07, 6.45) is 0. The van der Waals surface area contributed by atoms with Crippen LogP contribution in [-0.4, -0.2) is 19.0 Å². The number of phenols is 1. The van der Waals surface area contributed by atoms with E-state index in [-0.39, 0.29) is 10.2 Å². The van der Waals surface area contributed by atoms with Crippen molar-refractivity contribution in [3.63, 3.8) is 0 Å². The van der Waals surface area contributed by atoms with Crippen LogP contribution in [0.2, 0.25) is 0 Å². The molecule has 4 nitrogen and oxygen atoms in total. The molecule has 0 fully saturated rings. The Morgan fingerprint density at radius 2 is 1.52 bits per heavy atom. The van der Waals surface area contributed by atoms with Crippen molar-refractivity contribution in [1.82, 2.24) is 0 Å². The molecule has 114 valence electrons. The maximum atomic E-state index is 12.3. The smallest absolute Gasteiger partial charge is 0.507 e. The minimum absolute atomic E-state index is 0.0282. The average molecular weight is 450 g/mol. The lowest BCUT2D eigenvalue weighted by Crippen LogP contribution is -2.28. The van der Waals surface area contributed by atoms with Crippen molar-refractivity contribution in [2.24, 2.45) is 0 Å². The maximum Gasteiger partial charge on any atom is 0.534 e. The summed E-state index contributed by atoms with van der Waals surface area (Å²) >= 11 is 6.04. The average Bonchev–Trinajstić information content (AvgIpc) is 2.31. The van der Waals surface area contributed by atoms with Gasteiger partial charge in [-0.15, -0.1) is 0 Å². The summed E-state index contributed by atoms with van der Waals surface area (Å²) in [6.45, 7) is 0. The number of halogens is 5. The Kier molecular flexibility index (Phi) is 4.15. The Morgan fingerprint density at radius 1 is 1.00 bits per heavy atom. The molecule has 0 aliphatic heterocycles. The van der Waals surface area contributed by atoms with E-state index in [1.807, 2.05) is 0 Å². The number of hydrogen-bond acceptors (Lipinski definition) is 4. The predicted molar refractivity (Wildman–Crippen MR) is 76.6 cm³/mol. The molecule has 2 aromatic rings. The highest BCUT2D eigenvalue weighted by atomic mass is 79.9. The Bertz CT molecular complexity index is 818. The Morgan fingerprint density at radius 3 is 2.10 bits per heavy atom. The number of fused-ring (bicyclic) bond motifs is 1. The third kappa shape index (κ3) is 3.27. The number of aromatic hydroxyl groups is 1. The first-order valence-corrected chi connectivity index (χ1v) is 8.13. The first-order valence-electron chi connectivity index (χ1n) is 5.14. The van der Waals surface area contributed by atoms with Gasteiger partial charge in [0.25, 0.3) is 0 Å². The zero-order chi connectivity index (χ0) is 16.0. The summed E-state index contributed by atoms with van der Waals surface area (Å²) in [5, 5.41) is 10.4. The fraction of sp³-hybridized carbons (Fsp3) is 0.0909. The van der Waals surface area contributed by atoms with Gasteiger partial charge in [-0.3, -0.25) is 0 Å². The van der Waals surface area contributed by atoms with Crippen LogP contribution in [0.1, 0.15) is 0 Å². The molecule has 0 aromatic heterocycles.